The van der Waals surface area contributed by atoms with Gasteiger partial charge in [-0.3, -0.25) is 4.79 Å². The average molecular weight is 285 g/mol. The molecule has 0 aliphatic rings. The summed E-state index contributed by atoms with van der Waals surface area (Å²) in [6.07, 6.45) is 0. The topological polar surface area (TPSA) is 47.6 Å². The maximum absolute atomic E-state index is 12.2. The van der Waals surface area contributed by atoms with Gasteiger partial charge in [0.15, 0.2) is 11.5 Å². The van der Waals surface area contributed by atoms with Gasteiger partial charge in [-0.2, -0.15) is 0 Å². The van der Waals surface area contributed by atoms with Crippen LogP contribution in [0.4, 0.5) is 0 Å². The number of carbonyl (C=O) groups excluding carboxylic acids is 1. The lowest BCUT2D eigenvalue weighted by Gasteiger charge is -2.11. The van der Waals surface area contributed by atoms with Gasteiger partial charge in [0.1, 0.15) is 0 Å². The van der Waals surface area contributed by atoms with E-state index < -0.39 is 0 Å². The largest absolute Gasteiger partial charge is 0.493 e. The normalized spacial score (nSPS) is 10.0. The van der Waals surface area contributed by atoms with E-state index in [1.807, 2.05) is 31.2 Å². The molecule has 21 heavy (non-hydrogen) atoms. The second kappa shape index (κ2) is 6.79. The van der Waals surface area contributed by atoms with Gasteiger partial charge in [-0.05, 0) is 36.2 Å². The van der Waals surface area contributed by atoms with Crippen LogP contribution < -0.4 is 14.8 Å². The Labute approximate surface area is 124 Å². The molecule has 0 aromatic heterocycles. The minimum absolute atomic E-state index is 0.140. The SMILES string of the molecule is COc1ccc(C(=O)NCc2ccccc2C)cc1OC. The van der Waals surface area contributed by atoms with Gasteiger partial charge in [0.2, 0.25) is 0 Å². The number of hydrogen-bond acceptors (Lipinski definition) is 3. The molecule has 0 radical (unpaired) electrons. The highest BCUT2D eigenvalue weighted by Crippen LogP contribution is 2.27. The second-order valence-corrected chi connectivity index (χ2v) is 4.68. The molecule has 110 valence electrons. The van der Waals surface area contributed by atoms with Crippen LogP contribution in [0.15, 0.2) is 42.5 Å². The molecule has 2 aromatic rings. The van der Waals surface area contributed by atoms with Crippen molar-refractivity contribution in [1.29, 1.82) is 0 Å². The van der Waals surface area contributed by atoms with E-state index in [-0.39, 0.29) is 5.91 Å². The monoisotopic (exact) mass is 285 g/mol. The Bertz CT molecular complexity index is 638. The third-order valence-corrected chi connectivity index (χ3v) is 3.35. The zero-order valence-corrected chi connectivity index (χ0v) is 12.5. The molecule has 2 rings (SSSR count). The Morgan fingerprint density at radius 3 is 2.43 bits per heavy atom. The van der Waals surface area contributed by atoms with Crippen LogP contribution in [-0.2, 0) is 6.54 Å². The van der Waals surface area contributed by atoms with Gasteiger partial charge in [0.25, 0.3) is 5.91 Å². The second-order valence-electron chi connectivity index (χ2n) is 4.68. The molecule has 1 amide bonds. The Balaban J connectivity index is 2.09. The van der Waals surface area contributed by atoms with Crippen molar-refractivity contribution < 1.29 is 14.3 Å². The number of methoxy groups -OCH3 is 2. The molecule has 0 unspecified atom stereocenters. The molecule has 0 fully saturated rings. The van der Waals surface area contributed by atoms with Crippen molar-refractivity contribution in [3.05, 3.63) is 59.2 Å². The summed E-state index contributed by atoms with van der Waals surface area (Å²) in [5.41, 5.74) is 2.80. The molecule has 2 aromatic carbocycles. The molecular formula is C17H19NO3. The summed E-state index contributed by atoms with van der Waals surface area (Å²) in [6.45, 7) is 2.53. The van der Waals surface area contributed by atoms with Gasteiger partial charge in [0, 0.05) is 12.1 Å². The Kier molecular flexibility index (Phi) is 4.82. The highest BCUT2D eigenvalue weighted by Gasteiger charge is 2.10. The van der Waals surface area contributed by atoms with E-state index in [2.05, 4.69) is 5.32 Å². The average Bonchev–Trinajstić information content (AvgIpc) is 2.53. The lowest BCUT2D eigenvalue weighted by Crippen LogP contribution is -2.23. The van der Waals surface area contributed by atoms with Crippen LogP contribution >= 0.6 is 0 Å². The van der Waals surface area contributed by atoms with Crippen LogP contribution in [0.5, 0.6) is 11.5 Å². The number of hydrogen-bond donors (Lipinski definition) is 1. The summed E-state index contributed by atoms with van der Waals surface area (Å²) >= 11 is 0. The third-order valence-electron chi connectivity index (χ3n) is 3.35. The zero-order valence-electron chi connectivity index (χ0n) is 12.5. The third kappa shape index (κ3) is 3.54. The number of nitrogens with one attached hydrogen (secondary N) is 1. The lowest BCUT2D eigenvalue weighted by atomic mass is 10.1. The number of rotatable bonds is 5. The summed E-state index contributed by atoms with van der Waals surface area (Å²) in [5.74, 6) is 1.01. The van der Waals surface area contributed by atoms with E-state index in [4.69, 9.17) is 9.47 Å². The Morgan fingerprint density at radius 2 is 1.76 bits per heavy atom. The van der Waals surface area contributed by atoms with Crippen molar-refractivity contribution in [3.63, 3.8) is 0 Å². The first-order chi connectivity index (χ1) is 10.2. The van der Waals surface area contributed by atoms with E-state index in [0.29, 0.717) is 23.6 Å². The van der Waals surface area contributed by atoms with Crippen molar-refractivity contribution in [1.82, 2.24) is 5.32 Å². The van der Waals surface area contributed by atoms with Crippen LogP contribution in [0, 0.1) is 6.92 Å². The van der Waals surface area contributed by atoms with Crippen LogP contribution in [-0.4, -0.2) is 20.1 Å². The van der Waals surface area contributed by atoms with Crippen LogP contribution in [0.3, 0.4) is 0 Å². The van der Waals surface area contributed by atoms with Gasteiger partial charge >= 0.3 is 0 Å². The Hall–Kier alpha value is -2.49. The van der Waals surface area contributed by atoms with Gasteiger partial charge in [-0.1, -0.05) is 24.3 Å². The first kappa shape index (κ1) is 14.9. The molecule has 0 spiro atoms. The number of amides is 1. The van der Waals surface area contributed by atoms with Crippen molar-refractivity contribution in [2.24, 2.45) is 0 Å². The molecule has 0 atom stereocenters. The molecular weight excluding hydrogens is 266 g/mol. The fraction of sp³-hybridized carbons (Fsp3) is 0.235. The van der Waals surface area contributed by atoms with Gasteiger partial charge in [-0.25, -0.2) is 0 Å². The summed E-state index contributed by atoms with van der Waals surface area (Å²) in [4.78, 5) is 12.2. The van der Waals surface area contributed by atoms with Crippen LogP contribution in [0.1, 0.15) is 21.5 Å². The van der Waals surface area contributed by atoms with Gasteiger partial charge in [-0.15, -0.1) is 0 Å². The number of ether oxygens (including phenoxy) is 2. The summed E-state index contributed by atoms with van der Waals surface area (Å²) in [5, 5.41) is 2.91. The Morgan fingerprint density at radius 1 is 1.05 bits per heavy atom. The summed E-state index contributed by atoms with van der Waals surface area (Å²) in [6, 6.07) is 13.1. The first-order valence-corrected chi connectivity index (χ1v) is 6.70. The molecule has 0 heterocycles. The molecule has 4 heteroatoms. The number of aryl methyl sites for hydroxylation is 1. The fourth-order valence-corrected chi connectivity index (χ4v) is 2.06. The maximum atomic E-state index is 12.2. The predicted molar refractivity (Wildman–Crippen MR) is 81.9 cm³/mol. The summed E-state index contributed by atoms with van der Waals surface area (Å²) in [7, 11) is 3.11. The smallest absolute Gasteiger partial charge is 0.251 e. The van der Waals surface area contributed by atoms with E-state index in [9.17, 15) is 4.79 Å². The molecule has 1 N–H and O–H groups in total. The van der Waals surface area contributed by atoms with Crippen LogP contribution in [0.25, 0.3) is 0 Å². The molecule has 0 saturated heterocycles. The van der Waals surface area contributed by atoms with Crippen molar-refractivity contribution in [2.75, 3.05) is 14.2 Å². The van der Waals surface area contributed by atoms with Crippen LogP contribution in [0.2, 0.25) is 0 Å². The fourth-order valence-electron chi connectivity index (χ4n) is 2.06. The van der Waals surface area contributed by atoms with E-state index in [1.54, 1.807) is 32.4 Å². The predicted octanol–water partition coefficient (Wildman–Crippen LogP) is 2.94. The van der Waals surface area contributed by atoms with E-state index in [0.717, 1.165) is 11.1 Å². The van der Waals surface area contributed by atoms with Gasteiger partial charge in [0.05, 0.1) is 14.2 Å². The summed E-state index contributed by atoms with van der Waals surface area (Å²) < 4.78 is 10.4. The molecule has 0 aliphatic carbocycles. The minimum atomic E-state index is -0.140. The number of benzene rings is 2. The van der Waals surface area contributed by atoms with Crippen molar-refractivity contribution in [2.45, 2.75) is 13.5 Å². The zero-order chi connectivity index (χ0) is 15.2. The highest BCUT2D eigenvalue weighted by atomic mass is 16.5. The first-order valence-electron chi connectivity index (χ1n) is 6.70. The molecule has 4 nitrogen and oxygen atoms in total. The van der Waals surface area contributed by atoms with E-state index in [1.165, 1.54) is 0 Å². The van der Waals surface area contributed by atoms with Crippen molar-refractivity contribution in [3.8, 4) is 11.5 Å². The molecule has 0 bridgehead atoms. The molecule has 0 aliphatic heterocycles. The van der Waals surface area contributed by atoms with Gasteiger partial charge < -0.3 is 14.8 Å². The standard InChI is InChI=1S/C17H19NO3/c1-12-6-4-5-7-14(12)11-18-17(19)13-8-9-15(20-2)16(10-13)21-3/h4-10H,11H2,1-3H3,(H,18,19). The lowest BCUT2D eigenvalue weighted by molar-refractivity contribution is 0.0950. The van der Waals surface area contributed by atoms with Crippen molar-refractivity contribution >= 4 is 5.91 Å². The maximum Gasteiger partial charge on any atom is 0.251 e. The minimum Gasteiger partial charge on any atom is -0.493 e. The quantitative estimate of drug-likeness (QED) is 0.918. The highest BCUT2D eigenvalue weighted by molar-refractivity contribution is 5.94. The molecule has 0 saturated carbocycles. The van der Waals surface area contributed by atoms with E-state index >= 15 is 0 Å². The number of carbonyl (C=O) groups is 1.